The van der Waals surface area contributed by atoms with Crippen LogP contribution in [0.15, 0.2) is 12.1 Å². The summed E-state index contributed by atoms with van der Waals surface area (Å²) in [6.07, 6.45) is 2.24. The van der Waals surface area contributed by atoms with E-state index in [4.69, 9.17) is 16.7 Å². The zero-order valence-electron chi connectivity index (χ0n) is 11.0. The molecule has 2 rings (SSSR count). The molecule has 114 valence electrons. The van der Waals surface area contributed by atoms with Crippen molar-refractivity contribution >= 4 is 23.5 Å². The van der Waals surface area contributed by atoms with Gasteiger partial charge in [0.2, 0.25) is 0 Å². The predicted molar refractivity (Wildman–Crippen MR) is 72.2 cm³/mol. The monoisotopic (exact) mass is 317 g/mol. The lowest BCUT2D eigenvalue weighted by molar-refractivity contribution is -0.143. The van der Waals surface area contributed by atoms with Gasteiger partial charge < -0.3 is 10.4 Å². The van der Waals surface area contributed by atoms with Crippen molar-refractivity contribution in [2.75, 3.05) is 0 Å². The highest BCUT2D eigenvalue weighted by Gasteiger charge is 2.28. The topological polar surface area (TPSA) is 66.4 Å². The Bertz CT molecular complexity index is 580. The number of hydrogen-bond donors (Lipinski definition) is 2. The summed E-state index contributed by atoms with van der Waals surface area (Å²) in [7, 11) is 0. The number of nitrogens with one attached hydrogen (secondary N) is 1. The Hall–Kier alpha value is -1.69. The number of benzene rings is 1. The maximum absolute atomic E-state index is 13.2. The molecule has 0 bridgehead atoms. The molecule has 0 radical (unpaired) electrons. The fraction of sp³-hybridized carbons (Fsp3) is 0.429. The normalized spacial score (nSPS) is 21.9. The molecule has 2 atom stereocenters. The SMILES string of the molecule is O=C(NC1CCCC(C(=O)O)C1)c1cc(F)c(F)cc1Cl. The summed E-state index contributed by atoms with van der Waals surface area (Å²) in [6.45, 7) is 0. The average Bonchev–Trinajstić information content (AvgIpc) is 2.43. The molecule has 7 heteroatoms. The van der Waals surface area contributed by atoms with Crippen LogP contribution in [0.4, 0.5) is 8.78 Å². The summed E-state index contributed by atoms with van der Waals surface area (Å²) in [5, 5.41) is 11.4. The van der Waals surface area contributed by atoms with Gasteiger partial charge in [0.1, 0.15) is 0 Å². The molecule has 21 heavy (non-hydrogen) atoms. The van der Waals surface area contributed by atoms with E-state index in [-0.39, 0.29) is 16.6 Å². The summed E-state index contributed by atoms with van der Waals surface area (Å²) in [4.78, 5) is 23.0. The second kappa shape index (κ2) is 6.39. The van der Waals surface area contributed by atoms with Gasteiger partial charge >= 0.3 is 5.97 Å². The second-order valence-corrected chi connectivity index (χ2v) is 5.53. The van der Waals surface area contributed by atoms with Crippen molar-refractivity contribution in [1.29, 1.82) is 0 Å². The molecule has 0 aliphatic heterocycles. The Balaban J connectivity index is 2.08. The Labute approximate surface area is 125 Å². The van der Waals surface area contributed by atoms with Crippen LogP contribution in [0.3, 0.4) is 0 Å². The number of carboxylic acids is 1. The van der Waals surface area contributed by atoms with Crippen LogP contribution in [0.5, 0.6) is 0 Å². The first-order valence-corrected chi connectivity index (χ1v) is 6.94. The van der Waals surface area contributed by atoms with Crippen molar-refractivity contribution in [1.82, 2.24) is 5.32 Å². The quantitative estimate of drug-likeness (QED) is 0.842. The molecular weight excluding hydrogens is 304 g/mol. The fourth-order valence-electron chi connectivity index (χ4n) is 2.50. The number of carbonyl (C=O) groups excluding carboxylic acids is 1. The second-order valence-electron chi connectivity index (χ2n) is 5.12. The minimum Gasteiger partial charge on any atom is -0.481 e. The van der Waals surface area contributed by atoms with Crippen LogP contribution in [0.25, 0.3) is 0 Å². The highest BCUT2D eigenvalue weighted by Crippen LogP contribution is 2.26. The number of carbonyl (C=O) groups is 2. The minimum atomic E-state index is -1.16. The first-order valence-electron chi connectivity index (χ1n) is 6.56. The summed E-state index contributed by atoms with van der Waals surface area (Å²) in [5.74, 6) is -4.30. The summed E-state index contributed by atoms with van der Waals surface area (Å²) in [5.41, 5.74) is -0.159. The first kappa shape index (κ1) is 15.7. The Morgan fingerprint density at radius 2 is 1.90 bits per heavy atom. The molecule has 1 aromatic rings. The third-order valence-corrected chi connectivity index (χ3v) is 3.93. The van der Waals surface area contributed by atoms with Crippen LogP contribution in [0, 0.1) is 17.6 Å². The van der Waals surface area contributed by atoms with Crippen LogP contribution in [-0.2, 0) is 4.79 Å². The zero-order valence-corrected chi connectivity index (χ0v) is 11.8. The van der Waals surface area contributed by atoms with Gasteiger partial charge in [0.25, 0.3) is 5.91 Å². The summed E-state index contributed by atoms with van der Waals surface area (Å²) in [6, 6.07) is 1.17. The largest absolute Gasteiger partial charge is 0.481 e. The summed E-state index contributed by atoms with van der Waals surface area (Å²) >= 11 is 5.73. The maximum atomic E-state index is 13.2. The number of aliphatic carboxylic acids is 1. The molecule has 4 nitrogen and oxygen atoms in total. The third-order valence-electron chi connectivity index (χ3n) is 3.61. The molecule has 1 fully saturated rings. The number of hydrogen-bond acceptors (Lipinski definition) is 2. The van der Waals surface area contributed by atoms with E-state index in [1.165, 1.54) is 0 Å². The van der Waals surface area contributed by atoms with Gasteiger partial charge in [-0.3, -0.25) is 9.59 Å². The molecule has 0 spiro atoms. The van der Waals surface area contributed by atoms with Crippen LogP contribution < -0.4 is 5.32 Å². The van der Waals surface area contributed by atoms with E-state index in [2.05, 4.69) is 5.32 Å². The van der Waals surface area contributed by atoms with Gasteiger partial charge in [0.15, 0.2) is 11.6 Å². The van der Waals surface area contributed by atoms with Gasteiger partial charge in [-0.1, -0.05) is 18.0 Å². The average molecular weight is 318 g/mol. The van der Waals surface area contributed by atoms with E-state index in [1.54, 1.807) is 0 Å². The van der Waals surface area contributed by atoms with Crippen molar-refractivity contribution in [2.45, 2.75) is 31.7 Å². The summed E-state index contributed by atoms with van der Waals surface area (Å²) < 4.78 is 26.1. The Kier molecular flexibility index (Phi) is 4.77. The standard InChI is InChI=1S/C14H14ClF2NO3/c15-10-6-12(17)11(16)5-9(10)13(19)18-8-3-1-2-7(4-8)14(20)21/h5-8H,1-4H2,(H,18,19)(H,20,21). The van der Waals surface area contributed by atoms with Crippen molar-refractivity contribution in [3.63, 3.8) is 0 Å². The van der Waals surface area contributed by atoms with Crippen molar-refractivity contribution in [3.8, 4) is 0 Å². The minimum absolute atomic E-state index is 0.159. The molecule has 2 N–H and O–H groups in total. The lowest BCUT2D eigenvalue weighted by Gasteiger charge is -2.27. The van der Waals surface area contributed by atoms with E-state index in [0.29, 0.717) is 25.7 Å². The maximum Gasteiger partial charge on any atom is 0.306 e. The van der Waals surface area contributed by atoms with Gasteiger partial charge in [0, 0.05) is 6.04 Å². The highest BCUT2D eigenvalue weighted by molar-refractivity contribution is 6.33. The van der Waals surface area contributed by atoms with E-state index < -0.39 is 29.4 Å². The van der Waals surface area contributed by atoms with E-state index >= 15 is 0 Å². The molecule has 0 saturated heterocycles. The predicted octanol–water partition coefficient (Wildman–Crippen LogP) is 2.99. The number of carboxylic acid groups (broad SMARTS) is 1. The zero-order chi connectivity index (χ0) is 15.6. The molecule has 1 aromatic carbocycles. The molecule has 1 aliphatic rings. The Morgan fingerprint density at radius 3 is 2.57 bits per heavy atom. The van der Waals surface area contributed by atoms with Crippen LogP contribution in [-0.4, -0.2) is 23.0 Å². The van der Waals surface area contributed by atoms with Gasteiger partial charge in [-0.05, 0) is 31.4 Å². The lowest BCUT2D eigenvalue weighted by atomic mass is 9.85. The van der Waals surface area contributed by atoms with Crippen molar-refractivity contribution < 1.29 is 23.5 Å². The van der Waals surface area contributed by atoms with Gasteiger partial charge in [0.05, 0.1) is 16.5 Å². The van der Waals surface area contributed by atoms with Crippen LogP contribution in [0.1, 0.15) is 36.0 Å². The van der Waals surface area contributed by atoms with E-state index in [0.717, 1.165) is 12.1 Å². The van der Waals surface area contributed by atoms with Crippen LogP contribution >= 0.6 is 11.6 Å². The van der Waals surface area contributed by atoms with Crippen molar-refractivity contribution in [3.05, 3.63) is 34.4 Å². The number of halogens is 3. The first-order chi connectivity index (χ1) is 9.88. The number of amides is 1. The smallest absolute Gasteiger partial charge is 0.306 e. The lowest BCUT2D eigenvalue weighted by Crippen LogP contribution is -2.40. The Morgan fingerprint density at radius 1 is 1.24 bits per heavy atom. The molecule has 1 amide bonds. The van der Waals surface area contributed by atoms with Gasteiger partial charge in [-0.25, -0.2) is 8.78 Å². The molecule has 0 heterocycles. The highest BCUT2D eigenvalue weighted by atomic mass is 35.5. The molecule has 2 unspecified atom stereocenters. The van der Waals surface area contributed by atoms with Crippen LogP contribution in [0.2, 0.25) is 5.02 Å². The van der Waals surface area contributed by atoms with Gasteiger partial charge in [-0.15, -0.1) is 0 Å². The van der Waals surface area contributed by atoms with E-state index in [9.17, 15) is 18.4 Å². The van der Waals surface area contributed by atoms with Crippen molar-refractivity contribution in [2.24, 2.45) is 5.92 Å². The van der Waals surface area contributed by atoms with E-state index in [1.807, 2.05) is 0 Å². The molecule has 1 aliphatic carbocycles. The molecule has 0 aromatic heterocycles. The molecule has 1 saturated carbocycles. The number of rotatable bonds is 3. The van der Waals surface area contributed by atoms with Gasteiger partial charge in [-0.2, -0.15) is 0 Å². The molecular formula is C14H14ClF2NO3. The fourth-order valence-corrected chi connectivity index (χ4v) is 2.74. The third kappa shape index (κ3) is 3.69.